The molecule has 0 spiro atoms. The van der Waals surface area contributed by atoms with E-state index in [0.717, 1.165) is 45.7 Å². The Morgan fingerprint density at radius 1 is 1.38 bits per heavy atom. The van der Waals surface area contributed by atoms with Crippen molar-refractivity contribution in [3.05, 3.63) is 45.2 Å². The van der Waals surface area contributed by atoms with Crippen molar-refractivity contribution in [2.24, 2.45) is 0 Å². The number of carbonyl (C=O) groups is 1. The average molecular weight is 349 g/mol. The third-order valence-corrected chi connectivity index (χ3v) is 4.88. The maximum absolute atomic E-state index is 11.8. The Balaban J connectivity index is 1.85. The predicted octanol–water partition coefficient (Wildman–Crippen LogP) is 3.68. The normalized spacial score (nSPS) is 13.6. The van der Waals surface area contributed by atoms with E-state index in [1.54, 1.807) is 0 Å². The fourth-order valence-electron chi connectivity index (χ4n) is 2.75. The van der Waals surface area contributed by atoms with E-state index >= 15 is 0 Å². The van der Waals surface area contributed by atoms with Crippen LogP contribution >= 0.6 is 15.9 Å². The summed E-state index contributed by atoms with van der Waals surface area (Å²) in [5.41, 5.74) is 3.84. The third kappa shape index (κ3) is 2.50. The zero-order chi connectivity index (χ0) is 15.0. The van der Waals surface area contributed by atoms with Gasteiger partial charge in [0, 0.05) is 24.1 Å². The second kappa shape index (κ2) is 5.64. The summed E-state index contributed by atoms with van der Waals surface area (Å²) in [4.78, 5) is 11.8. The Morgan fingerprint density at radius 3 is 2.95 bits per heavy atom. The Labute approximate surface area is 132 Å². The van der Waals surface area contributed by atoms with Crippen LogP contribution in [-0.4, -0.2) is 15.6 Å². The van der Waals surface area contributed by atoms with Gasteiger partial charge in [-0.15, -0.1) is 0 Å². The molecule has 0 radical (unpaired) electrons. The highest BCUT2D eigenvalue weighted by molar-refractivity contribution is 9.10. The number of aromatic nitrogens is 2. The van der Waals surface area contributed by atoms with Gasteiger partial charge in [0.1, 0.15) is 12.4 Å². The number of nitrogens with zero attached hydrogens (tertiary/aromatic N) is 2. The van der Waals surface area contributed by atoms with Crippen molar-refractivity contribution in [3.63, 3.8) is 0 Å². The molecule has 1 aromatic heterocycles. The van der Waals surface area contributed by atoms with Gasteiger partial charge in [0.15, 0.2) is 5.78 Å². The van der Waals surface area contributed by atoms with Crippen LogP contribution in [0.1, 0.15) is 40.7 Å². The van der Waals surface area contributed by atoms with Gasteiger partial charge < -0.3 is 4.74 Å². The summed E-state index contributed by atoms with van der Waals surface area (Å²) in [6.07, 6.45) is 1.36. The third-order valence-electron chi connectivity index (χ3n) is 3.85. The molecule has 2 aromatic rings. The van der Waals surface area contributed by atoms with Crippen molar-refractivity contribution in [2.75, 3.05) is 0 Å². The lowest BCUT2D eigenvalue weighted by molar-refractivity contribution is 0.0994. The number of benzene rings is 1. The summed E-state index contributed by atoms with van der Waals surface area (Å²) < 4.78 is 8.91. The molecule has 0 saturated heterocycles. The lowest BCUT2D eigenvalue weighted by Crippen LogP contribution is -2.07. The number of Topliss-reactive ketones (excluding diaryl/α,β-unsaturated/α-hetero) is 1. The fourth-order valence-corrected chi connectivity index (χ4v) is 3.14. The molecular formula is C16H17BrN2O2. The van der Waals surface area contributed by atoms with E-state index in [-0.39, 0.29) is 5.78 Å². The topological polar surface area (TPSA) is 44.1 Å². The number of hydrogen-bond donors (Lipinski definition) is 0. The standard InChI is InChI=1S/C16H17BrN2O2/c1-3-19-13(16(17)10(2)18-19)9-21-15-6-4-5-11-12(15)7-8-14(11)20/h4-6H,3,7-9H2,1-2H3. The molecule has 5 heteroatoms. The van der Waals surface area contributed by atoms with E-state index in [2.05, 4.69) is 28.0 Å². The Hall–Kier alpha value is -1.62. The Kier molecular flexibility index (Phi) is 3.85. The number of carbonyl (C=O) groups excluding carboxylic acids is 1. The Morgan fingerprint density at radius 2 is 2.19 bits per heavy atom. The molecule has 1 aromatic carbocycles. The van der Waals surface area contributed by atoms with Crippen LogP contribution < -0.4 is 4.74 Å². The van der Waals surface area contributed by atoms with E-state index in [0.29, 0.717) is 13.0 Å². The maximum Gasteiger partial charge on any atom is 0.163 e. The van der Waals surface area contributed by atoms with Crippen molar-refractivity contribution in [1.82, 2.24) is 9.78 Å². The minimum absolute atomic E-state index is 0.214. The zero-order valence-electron chi connectivity index (χ0n) is 12.1. The fraction of sp³-hybridized carbons (Fsp3) is 0.375. The summed E-state index contributed by atoms with van der Waals surface area (Å²) in [6, 6.07) is 5.70. The molecule has 0 aliphatic heterocycles. The first kappa shape index (κ1) is 14.3. The highest BCUT2D eigenvalue weighted by atomic mass is 79.9. The molecule has 0 N–H and O–H groups in total. The van der Waals surface area contributed by atoms with Crippen molar-refractivity contribution in [3.8, 4) is 5.75 Å². The molecule has 0 unspecified atom stereocenters. The Bertz CT molecular complexity index is 707. The first-order valence-electron chi connectivity index (χ1n) is 7.11. The molecule has 3 rings (SSSR count). The van der Waals surface area contributed by atoms with Crippen LogP contribution in [0.2, 0.25) is 0 Å². The average Bonchev–Trinajstić information content (AvgIpc) is 2.99. The van der Waals surface area contributed by atoms with Crippen molar-refractivity contribution in [1.29, 1.82) is 0 Å². The molecule has 21 heavy (non-hydrogen) atoms. The molecule has 110 valence electrons. The number of aryl methyl sites for hydroxylation is 2. The number of halogens is 1. The highest BCUT2D eigenvalue weighted by Crippen LogP contribution is 2.31. The molecule has 1 heterocycles. The molecule has 1 aliphatic carbocycles. The van der Waals surface area contributed by atoms with Crippen LogP contribution in [0.5, 0.6) is 5.75 Å². The largest absolute Gasteiger partial charge is 0.487 e. The van der Waals surface area contributed by atoms with Gasteiger partial charge in [-0.05, 0) is 42.3 Å². The van der Waals surface area contributed by atoms with Crippen molar-refractivity contribution in [2.45, 2.75) is 39.8 Å². The zero-order valence-corrected chi connectivity index (χ0v) is 13.7. The van der Waals surface area contributed by atoms with Crippen molar-refractivity contribution >= 4 is 21.7 Å². The summed E-state index contributed by atoms with van der Waals surface area (Å²) in [6.45, 7) is 5.27. The van der Waals surface area contributed by atoms with Gasteiger partial charge in [-0.3, -0.25) is 9.48 Å². The molecular weight excluding hydrogens is 332 g/mol. The molecule has 0 atom stereocenters. The predicted molar refractivity (Wildman–Crippen MR) is 83.8 cm³/mol. The lowest BCUT2D eigenvalue weighted by atomic mass is 10.1. The van der Waals surface area contributed by atoms with E-state index in [4.69, 9.17) is 4.74 Å². The van der Waals surface area contributed by atoms with Crippen LogP contribution in [0.15, 0.2) is 22.7 Å². The van der Waals surface area contributed by atoms with Gasteiger partial charge in [0.05, 0.1) is 15.9 Å². The number of hydrogen-bond acceptors (Lipinski definition) is 3. The van der Waals surface area contributed by atoms with E-state index in [1.807, 2.05) is 29.8 Å². The van der Waals surface area contributed by atoms with Crippen LogP contribution in [-0.2, 0) is 19.6 Å². The van der Waals surface area contributed by atoms with Gasteiger partial charge in [0.25, 0.3) is 0 Å². The molecule has 1 aliphatic rings. The number of ether oxygens (including phenoxy) is 1. The van der Waals surface area contributed by atoms with Gasteiger partial charge >= 0.3 is 0 Å². The monoisotopic (exact) mass is 348 g/mol. The summed E-state index contributed by atoms with van der Waals surface area (Å²) in [5.74, 6) is 1.03. The summed E-state index contributed by atoms with van der Waals surface area (Å²) >= 11 is 3.57. The minimum Gasteiger partial charge on any atom is -0.487 e. The molecule has 0 bridgehead atoms. The van der Waals surface area contributed by atoms with Crippen LogP contribution in [0.3, 0.4) is 0 Å². The molecule has 0 fully saturated rings. The van der Waals surface area contributed by atoms with Crippen LogP contribution in [0, 0.1) is 6.92 Å². The summed E-state index contributed by atoms with van der Waals surface area (Å²) in [7, 11) is 0. The quantitative estimate of drug-likeness (QED) is 0.846. The van der Waals surface area contributed by atoms with Gasteiger partial charge in [0.2, 0.25) is 0 Å². The first-order chi connectivity index (χ1) is 10.1. The van der Waals surface area contributed by atoms with E-state index < -0.39 is 0 Å². The van der Waals surface area contributed by atoms with E-state index in [9.17, 15) is 4.79 Å². The smallest absolute Gasteiger partial charge is 0.163 e. The first-order valence-corrected chi connectivity index (χ1v) is 7.90. The second-order valence-corrected chi connectivity index (χ2v) is 5.95. The number of ketones is 1. The SMILES string of the molecule is CCn1nc(C)c(Br)c1COc1cccc2c1CCC2=O. The summed E-state index contributed by atoms with van der Waals surface area (Å²) in [5, 5.41) is 4.46. The maximum atomic E-state index is 11.8. The molecule has 4 nitrogen and oxygen atoms in total. The lowest BCUT2D eigenvalue weighted by Gasteiger charge is -2.11. The second-order valence-electron chi connectivity index (χ2n) is 5.16. The number of rotatable bonds is 4. The van der Waals surface area contributed by atoms with Crippen LogP contribution in [0.25, 0.3) is 0 Å². The molecule has 0 saturated carbocycles. The minimum atomic E-state index is 0.214. The molecule has 0 amide bonds. The van der Waals surface area contributed by atoms with Gasteiger partial charge in [-0.2, -0.15) is 5.10 Å². The van der Waals surface area contributed by atoms with Gasteiger partial charge in [-0.1, -0.05) is 12.1 Å². The number of fused-ring (bicyclic) bond motifs is 1. The van der Waals surface area contributed by atoms with Gasteiger partial charge in [-0.25, -0.2) is 0 Å². The highest BCUT2D eigenvalue weighted by Gasteiger charge is 2.23. The van der Waals surface area contributed by atoms with Crippen LogP contribution in [0.4, 0.5) is 0 Å². The van der Waals surface area contributed by atoms with Crippen molar-refractivity contribution < 1.29 is 9.53 Å². The van der Waals surface area contributed by atoms with E-state index in [1.165, 1.54) is 0 Å².